The molecule has 2 heterocycles. The molecule has 1 aromatic carbocycles. The maximum Gasteiger partial charge on any atom is 0.0964 e. The van der Waals surface area contributed by atoms with Crippen molar-refractivity contribution >= 4 is 22.9 Å². The smallest absolute Gasteiger partial charge is 0.0964 e. The van der Waals surface area contributed by atoms with Crippen LogP contribution in [0.25, 0.3) is 11.3 Å². The number of halogens is 1. The van der Waals surface area contributed by atoms with Crippen LogP contribution in [0, 0.1) is 0 Å². The van der Waals surface area contributed by atoms with E-state index < -0.39 is 0 Å². The molecule has 0 atom stereocenters. The highest BCUT2D eigenvalue weighted by atomic mass is 35.5. The molecule has 0 bridgehead atoms. The fourth-order valence-corrected chi connectivity index (χ4v) is 3.61. The van der Waals surface area contributed by atoms with E-state index in [1.165, 1.54) is 30.9 Å². The highest BCUT2D eigenvalue weighted by Crippen LogP contribution is 2.32. The molecular weight excluding hydrogens is 276 g/mol. The van der Waals surface area contributed by atoms with E-state index in [-0.39, 0.29) is 0 Å². The van der Waals surface area contributed by atoms with E-state index in [0.717, 1.165) is 16.3 Å². The lowest BCUT2D eigenvalue weighted by Crippen LogP contribution is -2.29. The first-order valence-electron chi connectivity index (χ1n) is 6.62. The molecule has 2 aromatic rings. The van der Waals surface area contributed by atoms with Crippen molar-refractivity contribution in [2.24, 2.45) is 0 Å². The van der Waals surface area contributed by atoms with E-state index in [1.54, 1.807) is 11.3 Å². The van der Waals surface area contributed by atoms with Crippen LogP contribution in [-0.2, 0) is 0 Å². The first-order valence-corrected chi connectivity index (χ1v) is 7.88. The molecule has 1 aliphatic rings. The summed E-state index contributed by atoms with van der Waals surface area (Å²) in [6.07, 6.45) is 2.45. The van der Waals surface area contributed by atoms with Gasteiger partial charge in [0, 0.05) is 21.9 Å². The first-order chi connectivity index (χ1) is 9.22. The first kappa shape index (κ1) is 13.1. The van der Waals surface area contributed by atoms with Crippen LogP contribution in [0.3, 0.4) is 0 Å². The van der Waals surface area contributed by atoms with Gasteiger partial charge in [0.2, 0.25) is 0 Å². The summed E-state index contributed by atoms with van der Waals surface area (Å²) in [5, 5.41) is 4.23. The van der Waals surface area contributed by atoms with Gasteiger partial charge in [-0.1, -0.05) is 23.7 Å². The molecule has 0 unspecified atom stereocenters. The molecule has 0 amide bonds. The van der Waals surface area contributed by atoms with Crippen LogP contribution in [0.4, 0.5) is 0 Å². The molecule has 0 saturated carbocycles. The van der Waals surface area contributed by atoms with E-state index in [4.69, 9.17) is 16.6 Å². The summed E-state index contributed by atoms with van der Waals surface area (Å²) in [5.74, 6) is 0.641. The zero-order valence-corrected chi connectivity index (χ0v) is 12.5. The minimum absolute atomic E-state index is 0.641. The number of hydrogen-bond donors (Lipinski definition) is 0. The van der Waals surface area contributed by atoms with Crippen molar-refractivity contribution in [3.05, 3.63) is 39.7 Å². The fourth-order valence-electron chi connectivity index (χ4n) is 2.48. The zero-order valence-electron chi connectivity index (χ0n) is 11.0. The van der Waals surface area contributed by atoms with Gasteiger partial charge >= 0.3 is 0 Å². The molecule has 1 aliphatic heterocycles. The lowest BCUT2D eigenvalue weighted by atomic mass is 9.98. The number of hydrogen-bond acceptors (Lipinski definition) is 3. The Hall–Kier alpha value is -0.900. The van der Waals surface area contributed by atoms with Crippen LogP contribution in [0.1, 0.15) is 23.8 Å². The van der Waals surface area contributed by atoms with Gasteiger partial charge in [-0.05, 0) is 45.1 Å². The van der Waals surface area contributed by atoms with Crippen LogP contribution in [0.2, 0.25) is 5.02 Å². The third kappa shape index (κ3) is 2.99. The molecule has 0 aliphatic carbocycles. The van der Waals surface area contributed by atoms with Gasteiger partial charge in [-0.25, -0.2) is 4.98 Å². The monoisotopic (exact) mass is 292 g/mol. The molecule has 0 radical (unpaired) electrons. The van der Waals surface area contributed by atoms with Gasteiger partial charge < -0.3 is 4.90 Å². The van der Waals surface area contributed by atoms with E-state index in [1.807, 2.05) is 24.3 Å². The second-order valence-corrected chi connectivity index (χ2v) is 6.48. The molecule has 1 saturated heterocycles. The molecule has 1 fully saturated rings. The van der Waals surface area contributed by atoms with E-state index >= 15 is 0 Å². The van der Waals surface area contributed by atoms with Crippen molar-refractivity contribution in [2.75, 3.05) is 20.1 Å². The molecule has 4 heteroatoms. The Labute approximate surface area is 123 Å². The summed E-state index contributed by atoms with van der Waals surface area (Å²) in [5.41, 5.74) is 2.23. The Morgan fingerprint density at radius 2 is 1.89 bits per heavy atom. The molecule has 100 valence electrons. The third-order valence-electron chi connectivity index (χ3n) is 3.73. The normalized spacial score (nSPS) is 17.8. The van der Waals surface area contributed by atoms with Gasteiger partial charge in [0.05, 0.1) is 10.7 Å². The van der Waals surface area contributed by atoms with Crippen molar-refractivity contribution in [2.45, 2.75) is 18.8 Å². The lowest BCUT2D eigenvalue weighted by Gasteiger charge is -2.27. The quantitative estimate of drug-likeness (QED) is 0.821. The Morgan fingerprint density at radius 3 is 2.58 bits per heavy atom. The molecule has 3 rings (SSSR count). The summed E-state index contributed by atoms with van der Waals surface area (Å²) in [7, 11) is 2.19. The topological polar surface area (TPSA) is 16.1 Å². The fraction of sp³-hybridized carbons (Fsp3) is 0.400. The maximum absolute atomic E-state index is 5.92. The van der Waals surface area contributed by atoms with E-state index in [0.29, 0.717) is 5.92 Å². The van der Waals surface area contributed by atoms with Gasteiger partial charge in [-0.2, -0.15) is 0 Å². The third-order valence-corrected chi connectivity index (χ3v) is 4.99. The Balaban J connectivity index is 1.77. The van der Waals surface area contributed by atoms with Gasteiger partial charge in [-0.15, -0.1) is 11.3 Å². The summed E-state index contributed by atoms with van der Waals surface area (Å²) in [4.78, 5) is 7.21. The van der Waals surface area contributed by atoms with E-state index in [2.05, 4.69) is 17.3 Å². The zero-order chi connectivity index (χ0) is 13.2. The highest BCUT2D eigenvalue weighted by Gasteiger charge is 2.21. The SMILES string of the molecule is CN1CCC(c2nc(-c3ccc(Cl)cc3)cs2)CC1. The van der Waals surface area contributed by atoms with E-state index in [9.17, 15) is 0 Å². The lowest BCUT2D eigenvalue weighted by molar-refractivity contribution is 0.255. The number of benzene rings is 1. The Kier molecular flexibility index (Phi) is 3.87. The Bertz CT molecular complexity index is 542. The maximum atomic E-state index is 5.92. The number of rotatable bonds is 2. The number of aromatic nitrogens is 1. The summed E-state index contributed by atoms with van der Waals surface area (Å²) in [6.45, 7) is 2.36. The molecular formula is C15H17ClN2S. The molecule has 1 aromatic heterocycles. The predicted molar refractivity (Wildman–Crippen MR) is 82.0 cm³/mol. The van der Waals surface area contributed by atoms with Crippen LogP contribution < -0.4 is 0 Å². The molecule has 0 spiro atoms. The number of nitrogens with zero attached hydrogens (tertiary/aromatic N) is 2. The van der Waals surface area contributed by atoms with Crippen LogP contribution in [0.15, 0.2) is 29.6 Å². The molecule has 2 nitrogen and oxygen atoms in total. The Morgan fingerprint density at radius 1 is 1.21 bits per heavy atom. The van der Waals surface area contributed by atoms with Crippen LogP contribution in [-0.4, -0.2) is 30.0 Å². The largest absolute Gasteiger partial charge is 0.306 e. The number of likely N-dealkylation sites (tertiary alicyclic amines) is 1. The van der Waals surface area contributed by atoms with Crippen molar-refractivity contribution in [3.8, 4) is 11.3 Å². The summed E-state index contributed by atoms with van der Waals surface area (Å²) < 4.78 is 0. The van der Waals surface area contributed by atoms with Crippen molar-refractivity contribution in [1.29, 1.82) is 0 Å². The second kappa shape index (κ2) is 5.61. The van der Waals surface area contributed by atoms with Crippen LogP contribution in [0.5, 0.6) is 0 Å². The predicted octanol–water partition coefficient (Wildman–Crippen LogP) is 4.27. The average Bonchev–Trinajstić information content (AvgIpc) is 2.90. The van der Waals surface area contributed by atoms with Gasteiger partial charge in [-0.3, -0.25) is 0 Å². The second-order valence-electron chi connectivity index (χ2n) is 5.16. The molecule has 0 N–H and O–H groups in total. The molecule has 19 heavy (non-hydrogen) atoms. The van der Waals surface area contributed by atoms with Gasteiger partial charge in [0.1, 0.15) is 0 Å². The van der Waals surface area contributed by atoms with Crippen LogP contribution >= 0.6 is 22.9 Å². The summed E-state index contributed by atoms with van der Waals surface area (Å²) >= 11 is 7.71. The minimum atomic E-state index is 0.641. The van der Waals surface area contributed by atoms with Gasteiger partial charge in [0.25, 0.3) is 0 Å². The van der Waals surface area contributed by atoms with Gasteiger partial charge in [0.15, 0.2) is 0 Å². The number of thiazole rings is 1. The van der Waals surface area contributed by atoms with Crippen molar-refractivity contribution < 1.29 is 0 Å². The highest BCUT2D eigenvalue weighted by molar-refractivity contribution is 7.10. The summed E-state index contributed by atoms with van der Waals surface area (Å²) in [6, 6.07) is 7.92. The van der Waals surface area contributed by atoms with Crippen molar-refractivity contribution in [3.63, 3.8) is 0 Å². The standard InChI is InChI=1S/C15H17ClN2S/c1-18-8-6-12(7-9-18)15-17-14(10-19-15)11-2-4-13(16)5-3-11/h2-5,10,12H,6-9H2,1H3. The average molecular weight is 293 g/mol. The van der Waals surface area contributed by atoms with Crippen molar-refractivity contribution in [1.82, 2.24) is 9.88 Å². The number of piperidine rings is 1. The minimum Gasteiger partial charge on any atom is -0.306 e.